The van der Waals surface area contributed by atoms with E-state index < -0.39 is 11.8 Å². The number of aliphatic hydroxyl groups is 1. The van der Waals surface area contributed by atoms with Gasteiger partial charge in [-0.25, -0.2) is 0 Å². The summed E-state index contributed by atoms with van der Waals surface area (Å²) in [7, 11) is 0. The molecule has 27 heavy (non-hydrogen) atoms. The average molecular weight is 370 g/mol. The molecule has 0 aromatic heterocycles. The van der Waals surface area contributed by atoms with Crippen LogP contribution in [0.5, 0.6) is 0 Å². The molecule has 0 amide bonds. The second-order valence-corrected chi connectivity index (χ2v) is 8.93. The standard InChI is InChI=1S/C24H35NO2/c1-6-15-24(26,19-11-9-8-10-12-19)22-25(16-7-2)23(4,5)20-14-13-18(3)17-21(20)27-22/h6-12,18,20-22,26H,1-2,13-17H2,3-5H3/t18-,20-,21-,22+,24+/m1/s1. The van der Waals surface area contributed by atoms with Gasteiger partial charge in [-0.3, -0.25) is 4.90 Å². The lowest BCUT2D eigenvalue weighted by atomic mass is 9.68. The SMILES string of the molecule is C=CCN1[C@H]([C@](O)(CC=C)c2ccccc2)O[C@@H]2C[C@H](C)CC[C@H]2C1(C)C. The maximum Gasteiger partial charge on any atom is 0.145 e. The molecule has 3 nitrogen and oxygen atoms in total. The lowest BCUT2D eigenvalue weighted by molar-refractivity contribution is -0.287. The first-order valence-electron chi connectivity index (χ1n) is 10.3. The van der Waals surface area contributed by atoms with E-state index in [0.29, 0.717) is 24.8 Å². The Bertz CT molecular complexity index is 656. The zero-order chi connectivity index (χ0) is 19.7. The van der Waals surface area contributed by atoms with Crippen LogP contribution in [0.4, 0.5) is 0 Å². The Morgan fingerprint density at radius 1 is 1.22 bits per heavy atom. The number of hydrogen-bond donors (Lipinski definition) is 1. The number of ether oxygens (including phenoxy) is 1. The second kappa shape index (κ2) is 7.90. The van der Waals surface area contributed by atoms with Crippen molar-refractivity contribution in [2.45, 2.75) is 69.9 Å². The molecule has 0 radical (unpaired) electrons. The van der Waals surface area contributed by atoms with Crippen LogP contribution in [0, 0.1) is 11.8 Å². The summed E-state index contributed by atoms with van der Waals surface area (Å²) in [4.78, 5) is 2.31. The molecule has 1 N–H and O–H groups in total. The normalized spacial score (nSPS) is 32.9. The van der Waals surface area contributed by atoms with Gasteiger partial charge < -0.3 is 9.84 Å². The van der Waals surface area contributed by atoms with Crippen LogP contribution in [0.1, 0.15) is 52.0 Å². The molecule has 3 heteroatoms. The van der Waals surface area contributed by atoms with Crippen molar-refractivity contribution in [2.75, 3.05) is 6.54 Å². The van der Waals surface area contributed by atoms with Crippen molar-refractivity contribution < 1.29 is 9.84 Å². The highest BCUT2D eigenvalue weighted by Crippen LogP contribution is 2.49. The molecule has 1 saturated heterocycles. The highest BCUT2D eigenvalue weighted by atomic mass is 16.5. The number of rotatable bonds is 6. The minimum absolute atomic E-state index is 0.0775. The van der Waals surface area contributed by atoms with Crippen molar-refractivity contribution in [1.29, 1.82) is 0 Å². The quantitative estimate of drug-likeness (QED) is 0.726. The van der Waals surface area contributed by atoms with E-state index >= 15 is 0 Å². The monoisotopic (exact) mass is 369 g/mol. The maximum absolute atomic E-state index is 11.9. The predicted octanol–water partition coefficient (Wildman–Crippen LogP) is 4.88. The summed E-state index contributed by atoms with van der Waals surface area (Å²) in [5, 5.41) is 11.9. The van der Waals surface area contributed by atoms with Gasteiger partial charge in [0.15, 0.2) is 0 Å². The number of nitrogens with zero attached hydrogens (tertiary/aromatic N) is 1. The number of fused-ring (bicyclic) bond motifs is 1. The Kier molecular flexibility index (Phi) is 5.95. The van der Waals surface area contributed by atoms with Crippen molar-refractivity contribution in [2.24, 2.45) is 11.8 Å². The van der Waals surface area contributed by atoms with Crippen molar-refractivity contribution in [1.82, 2.24) is 4.90 Å². The van der Waals surface area contributed by atoms with Crippen LogP contribution in [0.15, 0.2) is 55.6 Å². The molecule has 1 saturated carbocycles. The highest BCUT2D eigenvalue weighted by molar-refractivity contribution is 5.26. The Labute approximate surface area is 164 Å². The molecule has 2 aliphatic rings. The third-order valence-corrected chi connectivity index (χ3v) is 6.75. The molecule has 0 bridgehead atoms. The average Bonchev–Trinajstić information content (AvgIpc) is 2.64. The topological polar surface area (TPSA) is 32.7 Å². The fraction of sp³-hybridized carbons (Fsp3) is 0.583. The summed E-state index contributed by atoms with van der Waals surface area (Å²) in [6.07, 6.45) is 7.38. The van der Waals surface area contributed by atoms with E-state index in [4.69, 9.17) is 4.74 Å². The minimum Gasteiger partial charge on any atom is -0.381 e. The van der Waals surface area contributed by atoms with E-state index in [-0.39, 0.29) is 11.6 Å². The van der Waals surface area contributed by atoms with Gasteiger partial charge in [0.25, 0.3) is 0 Å². The van der Waals surface area contributed by atoms with E-state index in [1.807, 2.05) is 36.4 Å². The van der Waals surface area contributed by atoms with E-state index in [9.17, 15) is 5.11 Å². The highest BCUT2D eigenvalue weighted by Gasteiger charge is 2.55. The molecule has 148 valence electrons. The van der Waals surface area contributed by atoms with Gasteiger partial charge in [0, 0.05) is 24.4 Å². The Morgan fingerprint density at radius 3 is 2.56 bits per heavy atom. The third kappa shape index (κ3) is 3.65. The first-order valence-corrected chi connectivity index (χ1v) is 10.3. The van der Waals surface area contributed by atoms with Crippen molar-refractivity contribution in [3.63, 3.8) is 0 Å². The van der Waals surface area contributed by atoms with Crippen LogP contribution in [0.2, 0.25) is 0 Å². The van der Waals surface area contributed by atoms with Gasteiger partial charge in [0.2, 0.25) is 0 Å². The second-order valence-electron chi connectivity index (χ2n) is 8.93. The van der Waals surface area contributed by atoms with Crippen LogP contribution in [-0.4, -0.2) is 34.4 Å². The maximum atomic E-state index is 11.9. The molecule has 0 spiro atoms. The molecule has 1 aliphatic carbocycles. The largest absolute Gasteiger partial charge is 0.381 e. The Balaban J connectivity index is 2.06. The molecule has 5 atom stereocenters. The summed E-state index contributed by atoms with van der Waals surface area (Å²) in [5.74, 6) is 1.13. The zero-order valence-electron chi connectivity index (χ0n) is 17.1. The Hall–Kier alpha value is -1.42. The van der Waals surface area contributed by atoms with Gasteiger partial charge in [0.1, 0.15) is 11.8 Å². The fourth-order valence-electron chi connectivity index (χ4n) is 5.19. The van der Waals surface area contributed by atoms with Gasteiger partial charge in [-0.15, -0.1) is 13.2 Å². The van der Waals surface area contributed by atoms with Crippen LogP contribution >= 0.6 is 0 Å². The summed E-state index contributed by atoms with van der Waals surface area (Å²) >= 11 is 0. The Morgan fingerprint density at radius 2 is 1.93 bits per heavy atom. The van der Waals surface area contributed by atoms with Crippen molar-refractivity contribution >= 4 is 0 Å². The van der Waals surface area contributed by atoms with Crippen molar-refractivity contribution in [3.05, 3.63) is 61.2 Å². The zero-order valence-corrected chi connectivity index (χ0v) is 17.1. The lowest BCUT2D eigenvalue weighted by Crippen LogP contribution is -2.69. The number of benzene rings is 1. The third-order valence-electron chi connectivity index (χ3n) is 6.75. The van der Waals surface area contributed by atoms with Gasteiger partial charge in [-0.1, -0.05) is 55.8 Å². The van der Waals surface area contributed by atoms with E-state index in [2.05, 4.69) is 38.8 Å². The van der Waals surface area contributed by atoms with Gasteiger partial charge in [-0.05, 0) is 38.2 Å². The molecule has 1 heterocycles. The summed E-state index contributed by atoms with van der Waals surface area (Å²) in [6, 6.07) is 9.90. The lowest BCUT2D eigenvalue weighted by Gasteiger charge is -2.60. The number of hydrogen-bond acceptors (Lipinski definition) is 3. The molecular weight excluding hydrogens is 334 g/mol. The van der Waals surface area contributed by atoms with Gasteiger partial charge in [-0.2, -0.15) is 0 Å². The molecule has 3 rings (SSSR count). The molecular formula is C24H35NO2. The molecule has 1 aliphatic heterocycles. The van der Waals surface area contributed by atoms with Crippen LogP contribution in [0.3, 0.4) is 0 Å². The van der Waals surface area contributed by atoms with E-state index in [0.717, 1.165) is 12.0 Å². The van der Waals surface area contributed by atoms with Gasteiger partial charge in [0.05, 0.1) is 6.10 Å². The first-order chi connectivity index (χ1) is 12.8. The summed E-state index contributed by atoms with van der Waals surface area (Å²) in [6.45, 7) is 15.5. The van der Waals surface area contributed by atoms with Crippen LogP contribution in [0.25, 0.3) is 0 Å². The first kappa shape index (κ1) is 20.3. The van der Waals surface area contributed by atoms with E-state index in [1.54, 1.807) is 6.08 Å². The van der Waals surface area contributed by atoms with Crippen molar-refractivity contribution in [3.8, 4) is 0 Å². The molecule has 0 unspecified atom stereocenters. The fourth-order valence-corrected chi connectivity index (χ4v) is 5.19. The summed E-state index contributed by atoms with van der Waals surface area (Å²) < 4.78 is 6.71. The smallest absolute Gasteiger partial charge is 0.145 e. The van der Waals surface area contributed by atoms with Crippen LogP contribution < -0.4 is 0 Å². The molecule has 2 fully saturated rings. The van der Waals surface area contributed by atoms with Gasteiger partial charge >= 0.3 is 0 Å². The van der Waals surface area contributed by atoms with E-state index in [1.165, 1.54) is 12.8 Å². The predicted molar refractivity (Wildman–Crippen MR) is 111 cm³/mol. The van der Waals surface area contributed by atoms with Crippen LogP contribution in [-0.2, 0) is 10.3 Å². The molecule has 1 aromatic carbocycles. The summed E-state index contributed by atoms with van der Waals surface area (Å²) in [5.41, 5.74) is -0.345. The minimum atomic E-state index is -1.14. The molecule has 1 aromatic rings.